The van der Waals surface area contributed by atoms with Gasteiger partial charge < -0.3 is 20.3 Å². The lowest BCUT2D eigenvalue weighted by Crippen LogP contribution is -2.46. The van der Waals surface area contributed by atoms with Crippen molar-refractivity contribution in [2.24, 2.45) is 5.92 Å². The number of rotatable bonds is 7. The fourth-order valence-corrected chi connectivity index (χ4v) is 3.85. The molecular formula is C24H26F3N3O4. The smallest absolute Gasteiger partial charge is 0.372 e. The second kappa shape index (κ2) is 10.3. The van der Waals surface area contributed by atoms with E-state index in [9.17, 15) is 27.6 Å². The Morgan fingerprint density at radius 1 is 1.06 bits per heavy atom. The molecule has 1 aliphatic rings. The molecule has 1 aliphatic heterocycles. The summed E-state index contributed by atoms with van der Waals surface area (Å²) < 4.78 is 42.7. The Balaban J connectivity index is 1.74. The normalized spacial score (nSPS) is 17.2. The molecule has 10 heteroatoms. The summed E-state index contributed by atoms with van der Waals surface area (Å²) >= 11 is 0. The predicted octanol–water partition coefficient (Wildman–Crippen LogP) is 3.21. The molecule has 0 radical (unpaired) electrons. The van der Waals surface area contributed by atoms with Gasteiger partial charge in [0.1, 0.15) is 12.0 Å². The van der Waals surface area contributed by atoms with Gasteiger partial charge in [0.2, 0.25) is 11.8 Å². The van der Waals surface area contributed by atoms with Crippen molar-refractivity contribution in [3.63, 3.8) is 0 Å². The Bertz CT molecular complexity index is 1070. The number of amides is 3. The number of likely N-dealkylation sites (N-methyl/N-ethyl adjacent to an activating group) is 1. The number of alkyl halides is 3. The zero-order valence-electron chi connectivity index (χ0n) is 19.0. The van der Waals surface area contributed by atoms with Gasteiger partial charge in [0.25, 0.3) is 5.91 Å². The molecule has 0 saturated carbocycles. The van der Waals surface area contributed by atoms with Gasteiger partial charge in [-0.2, -0.15) is 13.2 Å². The Hall–Kier alpha value is -3.40. The molecule has 0 aliphatic carbocycles. The molecule has 0 fully saturated rings. The molecule has 3 atom stereocenters. The van der Waals surface area contributed by atoms with Crippen LogP contribution < -0.4 is 15.5 Å². The zero-order valence-corrected chi connectivity index (χ0v) is 19.0. The zero-order chi connectivity index (χ0) is 25.0. The SMILES string of the molecule is COC(CCNC(=O)C(C)C(=O)NC1C(=O)N(C)c2ccccc2-c2ccccc21)C(F)(F)F. The van der Waals surface area contributed by atoms with E-state index in [1.807, 2.05) is 30.3 Å². The first kappa shape index (κ1) is 25.2. The van der Waals surface area contributed by atoms with E-state index in [-0.39, 0.29) is 12.5 Å². The van der Waals surface area contributed by atoms with Crippen LogP contribution in [0, 0.1) is 5.92 Å². The van der Waals surface area contributed by atoms with E-state index >= 15 is 0 Å². The van der Waals surface area contributed by atoms with Crippen LogP contribution in [0.2, 0.25) is 0 Å². The minimum Gasteiger partial charge on any atom is -0.372 e. The predicted molar refractivity (Wildman–Crippen MR) is 120 cm³/mol. The van der Waals surface area contributed by atoms with E-state index in [1.165, 1.54) is 11.8 Å². The Morgan fingerprint density at radius 3 is 2.32 bits per heavy atom. The maximum absolute atomic E-state index is 13.3. The summed E-state index contributed by atoms with van der Waals surface area (Å²) in [7, 11) is 2.54. The number of hydrogen-bond donors (Lipinski definition) is 2. The summed E-state index contributed by atoms with van der Waals surface area (Å²) in [5, 5.41) is 4.98. The fraction of sp³-hybridized carbons (Fsp3) is 0.375. The number of carbonyl (C=O) groups is 3. The van der Waals surface area contributed by atoms with Crippen LogP contribution in [-0.4, -0.2) is 50.7 Å². The van der Waals surface area contributed by atoms with Crippen LogP contribution in [-0.2, 0) is 19.1 Å². The number of nitrogens with zero attached hydrogens (tertiary/aromatic N) is 1. The molecule has 34 heavy (non-hydrogen) atoms. The third-order valence-corrected chi connectivity index (χ3v) is 5.83. The van der Waals surface area contributed by atoms with Crippen molar-refractivity contribution < 1.29 is 32.3 Å². The summed E-state index contributed by atoms with van der Waals surface area (Å²) in [6.07, 6.45) is -7.06. The first-order chi connectivity index (χ1) is 16.1. The number of ether oxygens (including phenoxy) is 1. The molecule has 3 rings (SSSR count). The number of anilines is 1. The summed E-state index contributed by atoms with van der Waals surface area (Å²) in [6.45, 7) is 1.01. The van der Waals surface area contributed by atoms with E-state index in [4.69, 9.17) is 0 Å². The number of hydrogen-bond acceptors (Lipinski definition) is 4. The van der Waals surface area contributed by atoms with E-state index in [0.717, 1.165) is 18.2 Å². The largest absolute Gasteiger partial charge is 0.414 e. The van der Waals surface area contributed by atoms with Crippen LogP contribution >= 0.6 is 0 Å². The highest BCUT2D eigenvalue weighted by molar-refractivity contribution is 6.07. The number of fused-ring (bicyclic) bond motifs is 3. The molecule has 1 heterocycles. The van der Waals surface area contributed by atoms with Gasteiger partial charge in [-0.25, -0.2) is 0 Å². The van der Waals surface area contributed by atoms with Crippen molar-refractivity contribution in [3.8, 4) is 11.1 Å². The maximum atomic E-state index is 13.3. The molecule has 7 nitrogen and oxygen atoms in total. The van der Waals surface area contributed by atoms with Crippen LogP contribution in [0.4, 0.5) is 18.9 Å². The molecule has 2 aromatic rings. The van der Waals surface area contributed by atoms with Crippen LogP contribution in [0.1, 0.15) is 24.9 Å². The van der Waals surface area contributed by atoms with Crippen molar-refractivity contribution in [3.05, 3.63) is 54.1 Å². The fourth-order valence-electron chi connectivity index (χ4n) is 3.85. The maximum Gasteiger partial charge on any atom is 0.414 e. The molecule has 2 aromatic carbocycles. The minimum atomic E-state index is -4.56. The molecule has 3 amide bonds. The van der Waals surface area contributed by atoms with Gasteiger partial charge in [0.05, 0.1) is 5.69 Å². The lowest BCUT2D eigenvalue weighted by molar-refractivity contribution is -0.214. The van der Waals surface area contributed by atoms with Gasteiger partial charge in [-0.1, -0.05) is 42.5 Å². The van der Waals surface area contributed by atoms with Crippen LogP contribution in [0.3, 0.4) is 0 Å². The van der Waals surface area contributed by atoms with Crippen LogP contribution in [0.5, 0.6) is 0 Å². The first-order valence-corrected chi connectivity index (χ1v) is 10.7. The molecule has 2 N–H and O–H groups in total. The first-order valence-electron chi connectivity index (χ1n) is 10.7. The molecule has 0 saturated heterocycles. The number of nitrogens with one attached hydrogen (secondary N) is 2. The molecule has 182 valence electrons. The van der Waals surface area contributed by atoms with Crippen molar-refractivity contribution >= 4 is 23.4 Å². The second-order valence-electron chi connectivity index (χ2n) is 8.01. The van der Waals surface area contributed by atoms with Gasteiger partial charge in [-0.15, -0.1) is 0 Å². The standard InChI is InChI=1S/C24H26F3N3O4/c1-14(21(31)28-13-12-19(34-3)24(25,26)27)22(32)29-20-17-10-5-4-8-15(17)16-9-6-7-11-18(16)30(2)23(20)33/h4-11,14,19-20H,12-13H2,1-3H3,(H,28,31)(H,29,32). The number of benzene rings is 2. The summed E-state index contributed by atoms with van der Waals surface area (Å²) in [6, 6.07) is 13.5. The average molecular weight is 477 g/mol. The lowest BCUT2D eigenvalue weighted by atomic mass is 9.95. The van der Waals surface area contributed by atoms with Gasteiger partial charge in [0.15, 0.2) is 6.10 Å². The second-order valence-corrected chi connectivity index (χ2v) is 8.01. The number of methoxy groups -OCH3 is 1. The van der Waals surface area contributed by atoms with Gasteiger partial charge >= 0.3 is 6.18 Å². The average Bonchev–Trinajstić information content (AvgIpc) is 2.90. The van der Waals surface area contributed by atoms with Gasteiger partial charge in [0, 0.05) is 26.3 Å². The van der Waals surface area contributed by atoms with Crippen LogP contribution in [0.15, 0.2) is 48.5 Å². The van der Waals surface area contributed by atoms with Gasteiger partial charge in [-0.3, -0.25) is 14.4 Å². The number of para-hydroxylation sites is 1. The van der Waals surface area contributed by atoms with E-state index in [2.05, 4.69) is 15.4 Å². The summed E-state index contributed by atoms with van der Waals surface area (Å²) in [4.78, 5) is 40.0. The Morgan fingerprint density at radius 2 is 1.68 bits per heavy atom. The van der Waals surface area contributed by atoms with E-state index < -0.39 is 42.5 Å². The van der Waals surface area contributed by atoms with Gasteiger partial charge in [-0.05, 0) is 30.5 Å². The number of carbonyl (C=O) groups excluding carboxylic acids is 3. The monoisotopic (exact) mass is 477 g/mol. The highest BCUT2D eigenvalue weighted by Crippen LogP contribution is 2.39. The van der Waals surface area contributed by atoms with Crippen molar-refractivity contribution in [2.45, 2.75) is 31.7 Å². The summed E-state index contributed by atoms with van der Waals surface area (Å²) in [5.74, 6) is -3.08. The van der Waals surface area contributed by atoms with E-state index in [1.54, 1.807) is 25.2 Å². The highest BCUT2D eigenvalue weighted by atomic mass is 19.4. The summed E-state index contributed by atoms with van der Waals surface area (Å²) in [5.41, 5.74) is 2.86. The van der Waals surface area contributed by atoms with Crippen molar-refractivity contribution in [2.75, 3.05) is 25.6 Å². The molecule has 3 unspecified atom stereocenters. The van der Waals surface area contributed by atoms with Crippen molar-refractivity contribution in [1.82, 2.24) is 10.6 Å². The molecular weight excluding hydrogens is 451 g/mol. The third-order valence-electron chi connectivity index (χ3n) is 5.83. The molecule has 0 aromatic heterocycles. The van der Waals surface area contributed by atoms with Crippen LogP contribution in [0.25, 0.3) is 11.1 Å². The topological polar surface area (TPSA) is 87.7 Å². The highest BCUT2D eigenvalue weighted by Gasteiger charge is 2.40. The Labute approximate surface area is 195 Å². The molecule has 0 bridgehead atoms. The third kappa shape index (κ3) is 5.22. The number of halogens is 3. The quantitative estimate of drug-likeness (QED) is 0.600. The lowest BCUT2D eigenvalue weighted by Gasteiger charge is -2.24. The minimum absolute atomic E-state index is 0.322. The molecule has 0 spiro atoms. The van der Waals surface area contributed by atoms with E-state index in [0.29, 0.717) is 11.3 Å². The van der Waals surface area contributed by atoms with Crippen molar-refractivity contribution in [1.29, 1.82) is 0 Å². The Kier molecular flexibility index (Phi) is 7.61.